The van der Waals surface area contributed by atoms with Gasteiger partial charge in [-0.05, 0) is 24.1 Å². The van der Waals surface area contributed by atoms with Crippen LogP contribution in [0.5, 0.6) is 5.75 Å². The lowest BCUT2D eigenvalue weighted by Gasteiger charge is -2.05. The molecule has 4 nitrogen and oxygen atoms in total. The Morgan fingerprint density at radius 2 is 2.18 bits per heavy atom. The first-order valence-electron chi connectivity index (χ1n) is 5.71. The number of hydrogen-bond acceptors (Lipinski definition) is 3. The van der Waals surface area contributed by atoms with E-state index in [2.05, 4.69) is 12.0 Å². The monoisotopic (exact) mass is 231 g/mol. The van der Waals surface area contributed by atoms with Crippen molar-refractivity contribution in [3.63, 3.8) is 0 Å². The summed E-state index contributed by atoms with van der Waals surface area (Å²) in [6, 6.07) is 5.76. The van der Waals surface area contributed by atoms with E-state index in [1.807, 2.05) is 35.3 Å². The van der Waals surface area contributed by atoms with Crippen molar-refractivity contribution >= 4 is 5.69 Å². The number of nitrogens with zero attached hydrogens (tertiary/aromatic N) is 2. The van der Waals surface area contributed by atoms with E-state index in [0.29, 0.717) is 11.4 Å². The van der Waals surface area contributed by atoms with Crippen LogP contribution in [0.4, 0.5) is 5.69 Å². The first-order valence-corrected chi connectivity index (χ1v) is 5.71. The highest BCUT2D eigenvalue weighted by molar-refractivity contribution is 5.68. The van der Waals surface area contributed by atoms with E-state index in [1.54, 1.807) is 7.11 Å². The van der Waals surface area contributed by atoms with Crippen LogP contribution >= 0.6 is 0 Å². The fourth-order valence-corrected chi connectivity index (χ4v) is 1.75. The van der Waals surface area contributed by atoms with Crippen molar-refractivity contribution in [2.24, 2.45) is 0 Å². The molecule has 2 rings (SSSR count). The topological polar surface area (TPSA) is 53.1 Å². The zero-order chi connectivity index (χ0) is 12.3. The average molecular weight is 231 g/mol. The summed E-state index contributed by atoms with van der Waals surface area (Å²) in [7, 11) is 1.62. The second-order valence-corrected chi connectivity index (χ2v) is 3.95. The van der Waals surface area contributed by atoms with Gasteiger partial charge < -0.3 is 10.5 Å². The van der Waals surface area contributed by atoms with Gasteiger partial charge in [-0.2, -0.15) is 5.10 Å². The summed E-state index contributed by atoms with van der Waals surface area (Å²) in [5, 5.41) is 4.30. The van der Waals surface area contributed by atoms with Crippen LogP contribution in [0.1, 0.15) is 13.3 Å². The third kappa shape index (κ3) is 2.41. The Bertz CT molecular complexity index is 505. The molecule has 0 radical (unpaired) electrons. The maximum absolute atomic E-state index is 5.79. The minimum absolute atomic E-state index is 0.650. The molecule has 17 heavy (non-hydrogen) atoms. The van der Waals surface area contributed by atoms with Gasteiger partial charge in [0.25, 0.3) is 0 Å². The van der Waals surface area contributed by atoms with Crippen molar-refractivity contribution in [1.29, 1.82) is 0 Å². The molecule has 2 N–H and O–H groups in total. The van der Waals surface area contributed by atoms with Gasteiger partial charge in [0.05, 0.1) is 19.0 Å². The van der Waals surface area contributed by atoms with Crippen molar-refractivity contribution in [1.82, 2.24) is 9.78 Å². The van der Waals surface area contributed by atoms with Crippen LogP contribution in [0.3, 0.4) is 0 Å². The van der Waals surface area contributed by atoms with Crippen LogP contribution in [-0.4, -0.2) is 16.9 Å². The van der Waals surface area contributed by atoms with Crippen LogP contribution in [0.2, 0.25) is 0 Å². The van der Waals surface area contributed by atoms with E-state index in [1.165, 1.54) is 0 Å². The number of hydrogen-bond donors (Lipinski definition) is 1. The summed E-state index contributed by atoms with van der Waals surface area (Å²) >= 11 is 0. The maximum atomic E-state index is 5.79. The highest BCUT2D eigenvalue weighted by Gasteiger charge is 2.05. The molecule has 1 aromatic heterocycles. The molecule has 1 heterocycles. The molecule has 4 heteroatoms. The SMILES string of the molecule is CCCn1cc(-c2ccc(N)c(OC)c2)cn1. The second kappa shape index (κ2) is 4.91. The largest absolute Gasteiger partial charge is 0.495 e. The van der Waals surface area contributed by atoms with Crippen LogP contribution in [0.15, 0.2) is 30.6 Å². The highest BCUT2D eigenvalue weighted by atomic mass is 16.5. The van der Waals surface area contributed by atoms with E-state index in [-0.39, 0.29) is 0 Å². The van der Waals surface area contributed by atoms with Gasteiger partial charge in [-0.15, -0.1) is 0 Å². The van der Waals surface area contributed by atoms with E-state index >= 15 is 0 Å². The van der Waals surface area contributed by atoms with Crippen LogP contribution in [-0.2, 0) is 6.54 Å². The van der Waals surface area contributed by atoms with Gasteiger partial charge in [-0.1, -0.05) is 13.0 Å². The van der Waals surface area contributed by atoms with Gasteiger partial charge in [0.15, 0.2) is 0 Å². The summed E-state index contributed by atoms with van der Waals surface area (Å²) in [5.74, 6) is 0.700. The van der Waals surface area contributed by atoms with Crippen molar-refractivity contribution in [3.05, 3.63) is 30.6 Å². The molecular formula is C13H17N3O. The molecular weight excluding hydrogens is 214 g/mol. The quantitative estimate of drug-likeness (QED) is 0.823. The first-order chi connectivity index (χ1) is 8.24. The molecule has 90 valence electrons. The Kier molecular flexibility index (Phi) is 3.32. The van der Waals surface area contributed by atoms with Gasteiger partial charge in [0.1, 0.15) is 5.75 Å². The predicted octanol–water partition coefficient (Wildman–Crippen LogP) is 2.55. The van der Waals surface area contributed by atoms with Crippen molar-refractivity contribution in [2.45, 2.75) is 19.9 Å². The molecule has 2 aromatic rings. The summed E-state index contributed by atoms with van der Waals surface area (Å²) < 4.78 is 7.15. The molecule has 0 saturated heterocycles. The summed E-state index contributed by atoms with van der Waals surface area (Å²) in [5.41, 5.74) is 8.58. The lowest BCUT2D eigenvalue weighted by atomic mass is 10.1. The molecule has 0 atom stereocenters. The molecule has 0 aliphatic rings. The fourth-order valence-electron chi connectivity index (χ4n) is 1.75. The molecule has 1 aromatic carbocycles. The Morgan fingerprint density at radius 1 is 1.35 bits per heavy atom. The Hall–Kier alpha value is -1.97. The number of methoxy groups -OCH3 is 1. The third-order valence-corrected chi connectivity index (χ3v) is 2.65. The van der Waals surface area contributed by atoms with E-state index in [4.69, 9.17) is 10.5 Å². The molecule has 0 saturated carbocycles. The first kappa shape index (κ1) is 11.5. The van der Waals surface area contributed by atoms with Gasteiger partial charge in [-0.3, -0.25) is 4.68 Å². The van der Waals surface area contributed by atoms with Crippen molar-refractivity contribution < 1.29 is 4.74 Å². The lowest BCUT2D eigenvalue weighted by Crippen LogP contribution is -1.95. The summed E-state index contributed by atoms with van der Waals surface area (Å²) in [6.45, 7) is 3.07. The van der Waals surface area contributed by atoms with Crippen LogP contribution in [0, 0.1) is 0 Å². The fraction of sp³-hybridized carbons (Fsp3) is 0.308. The summed E-state index contributed by atoms with van der Waals surface area (Å²) in [4.78, 5) is 0. The number of nitrogens with two attached hydrogens (primary N) is 1. The Labute approximate surface area is 101 Å². The Balaban J connectivity index is 2.32. The minimum Gasteiger partial charge on any atom is -0.495 e. The van der Waals surface area contributed by atoms with E-state index in [9.17, 15) is 0 Å². The molecule has 0 fully saturated rings. The highest BCUT2D eigenvalue weighted by Crippen LogP contribution is 2.28. The van der Waals surface area contributed by atoms with E-state index in [0.717, 1.165) is 24.1 Å². The molecule has 0 spiro atoms. The van der Waals surface area contributed by atoms with Gasteiger partial charge in [0.2, 0.25) is 0 Å². The zero-order valence-corrected chi connectivity index (χ0v) is 10.2. The molecule has 0 unspecified atom stereocenters. The minimum atomic E-state index is 0.650. The molecule has 0 bridgehead atoms. The zero-order valence-electron chi connectivity index (χ0n) is 10.2. The molecule has 0 aliphatic carbocycles. The number of ether oxygens (including phenoxy) is 1. The normalized spacial score (nSPS) is 10.5. The lowest BCUT2D eigenvalue weighted by molar-refractivity contribution is 0.417. The van der Waals surface area contributed by atoms with Crippen molar-refractivity contribution in [3.8, 4) is 16.9 Å². The maximum Gasteiger partial charge on any atom is 0.142 e. The summed E-state index contributed by atoms with van der Waals surface area (Å²) in [6.07, 6.45) is 4.97. The number of anilines is 1. The second-order valence-electron chi connectivity index (χ2n) is 3.95. The number of nitrogen functional groups attached to an aromatic ring is 1. The average Bonchev–Trinajstić information content (AvgIpc) is 2.79. The smallest absolute Gasteiger partial charge is 0.142 e. The van der Waals surface area contributed by atoms with Crippen molar-refractivity contribution in [2.75, 3.05) is 12.8 Å². The molecule has 0 aliphatic heterocycles. The van der Waals surface area contributed by atoms with Crippen LogP contribution < -0.4 is 10.5 Å². The number of aryl methyl sites for hydroxylation is 1. The Morgan fingerprint density at radius 3 is 2.88 bits per heavy atom. The molecule has 0 amide bonds. The van der Waals surface area contributed by atoms with Gasteiger partial charge >= 0.3 is 0 Å². The van der Waals surface area contributed by atoms with Gasteiger partial charge in [0, 0.05) is 18.3 Å². The predicted molar refractivity (Wildman–Crippen MR) is 68.9 cm³/mol. The van der Waals surface area contributed by atoms with Gasteiger partial charge in [-0.25, -0.2) is 0 Å². The van der Waals surface area contributed by atoms with E-state index < -0.39 is 0 Å². The third-order valence-electron chi connectivity index (χ3n) is 2.65. The number of benzene rings is 1. The van der Waals surface area contributed by atoms with Crippen LogP contribution in [0.25, 0.3) is 11.1 Å². The standard InChI is InChI=1S/C13H17N3O/c1-3-6-16-9-11(8-15-16)10-4-5-12(14)13(7-10)17-2/h4-5,7-9H,3,6,14H2,1-2H3. The number of rotatable bonds is 4. The number of aromatic nitrogens is 2.